The average Bonchev–Trinajstić information content (AvgIpc) is 3.01. The Labute approximate surface area is 128 Å². The van der Waals surface area contributed by atoms with Gasteiger partial charge >= 0.3 is 6.03 Å². The van der Waals surface area contributed by atoms with Crippen LogP contribution in [0.1, 0.15) is 24.2 Å². The molecule has 2 N–H and O–H groups in total. The summed E-state index contributed by atoms with van der Waals surface area (Å²) in [5.41, 5.74) is 1.27. The fraction of sp³-hybridized carbons (Fsp3) is 0.312. The first kappa shape index (κ1) is 16.0. The Balaban J connectivity index is 1.93. The minimum atomic E-state index is -0.569. The molecule has 6 heteroatoms. The second-order valence-corrected chi connectivity index (χ2v) is 4.93. The molecule has 22 heavy (non-hydrogen) atoms. The second kappa shape index (κ2) is 7.61. The van der Waals surface area contributed by atoms with Gasteiger partial charge in [-0.25, -0.2) is 9.18 Å². The third-order valence-electron chi connectivity index (χ3n) is 3.31. The molecule has 2 amide bonds. The molecule has 0 saturated carbocycles. The molecule has 0 spiro atoms. The molecule has 0 aliphatic rings. The molecule has 0 aliphatic carbocycles. The van der Waals surface area contributed by atoms with Gasteiger partial charge in [-0.2, -0.15) is 0 Å². The van der Waals surface area contributed by atoms with Gasteiger partial charge in [0.25, 0.3) is 0 Å². The monoisotopic (exact) mass is 306 g/mol. The van der Waals surface area contributed by atoms with Crippen molar-refractivity contribution in [3.63, 3.8) is 0 Å². The maximum atomic E-state index is 13.8. The highest BCUT2D eigenvalue weighted by atomic mass is 19.1. The molecular weight excluding hydrogens is 287 g/mol. The maximum Gasteiger partial charge on any atom is 0.315 e. The molecule has 0 unspecified atom stereocenters. The van der Waals surface area contributed by atoms with Crippen LogP contribution in [-0.4, -0.2) is 19.2 Å². The van der Waals surface area contributed by atoms with E-state index in [1.807, 2.05) is 0 Å². The standard InChI is InChI=1S/C16H19FN2O3/c1-11(15(21-2)13-5-3-4-6-14(13)17)19-16(20)18-9-12-7-8-22-10-12/h3-8,10-11,15H,9H2,1-2H3,(H2,18,19,20)/t11-,15-/m0/s1. The Morgan fingerprint density at radius 2 is 2.14 bits per heavy atom. The number of furan rings is 1. The summed E-state index contributed by atoms with van der Waals surface area (Å²) in [5, 5.41) is 5.45. The van der Waals surface area contributed by atoms with E-state index in [0.29, 0.717) is 12.1 Å². The Morgan fingerprint density at radius 1 is 1.36 bits per heavy atom. The van der Waals surface area contributed by atoms with E-state index in [9.17, 15) is 9.18 Å². The summed E-state index contributed by atoms with van der Waals surface area (Å²) >= 11 is 0. The zero-order chi connectivity index (χ0) is 15.9. The van der Waals surface area contributed by atoms with Gasteiger partial charge in [0, 0.05) is 24.8 Å². The summed E-state index contributed by atoms with van der Waals surface area (Å²) < 4.78 is 24.1. The van der Waals surface area contributed by atoms with E-state index in [4.69, 9.17) is 9.15 Å². The van der Waals surface area contributed by atoms with Crippen LogP contribution in [0, 0.1) is 5.82 Å². The number of rotatable bonds is 6. The van der Waals surface area contributed by atoms with E-state index in [1.165, 1.54) is 19.4 Å². The molecule has 5 nitrogen and oxygen atoms in total. The van der Waals surface area contributed by atoms with Gasteiger partial charge in [-0.05, 0) is 19.1 Å². The summed E-state index contributed by atoms with van der Waals surface area (Å²) in [4.78, 5) is 11.9. The van der Waals surface area contributed by atoms with Gasteiger partial charge in [-0.3, -0.25) is 0 Å². The van der Waals surface area contributed by atoms with Gasteiger partial charge < -0.3 is 19.8 Å². The number of hydrogen-bond acceptors (Lipinski definition) is 3. The van der Waals surface area contributed by atoms with Crippen LogP contribution in [0.25, 0.3) is 0 Å². The first-order valence-electron chi connectivity index (χ1n) is 6.94. The smallest absolute Gasteiger partial charge is 0.315 e. The predicted molar refractivity (Wildman–Crippen MR) is 79.7 cm³/mol. The fourth-order valence-electron chi connectivity index (χ4n) is 2.22. The van der Waals surface area contributed by atoms with Crippen molar-refractivity contribution in [1.82, 2.24) is 10.6 Å². The second-order valence-electron chi connectivity index (χ2n) is 4.93. The van der Waals surface area contributed by atoms with E-state index in [1.54, 1.807) is 37.5 Å². The Morgan fingerprint density at radius 3 is 2.77 bits per heavy atom. The van der Waals surface area contributed by atoms with E-state index >= 15 is 0 Å². The molecule has 1 aromatic carbocycles. The highest BCUT2D eigenvalue weighted by Gasteiger charge is 2.23. The van der Waals surface area contributed by atoms with Crippen LogP contribution in [0.4, 0.5) is 9.18 Å². The van der Waals surface area contributed by atoms with Crippen molar-refractivity contribution in [2.75, 3.05) is 7.11 Å². The van der Waals surface area contributed by atoms with Crippen molar-refractivity contribution in [3.8, 4) is 0 Å². The molecule has 2 rings (SSSR count). The molecule has 118 valence electrons. The predicted octanol–water partition coefficient (Wildman–Crippen LogP) is 2.99. The minimum absolute atomic E-state index is 0.354. The quantitative estimate of drug-likeness (QED) is 0.862. The highest BCUT2D eigenvalue weighted by Crippen LogP contribution is 2.23. The van der Waals surface area contributed by atoms with Gasteiger partial charge in [0.15, 0.2) is 0 Å². The minimum Gasteiger partial charge on any atom is -0.472 e. The number of halogens is 1. The Bertz CT molecular complexity index is 601. The van der Waals surface area contributed by atoms with Gasteiger partial charge in [-0.15, -0.1) is 0 Å². The van der Waals surface area contributed by atoms with E-state index in [2.05, 4.69) is 10.6 Å². The fourth-order valence-corrected chi connectivity index (χ4v) is 2.22. The third-order valence-corrected chi connectivity index (χ3v) is 3.31. The number of hydrogen-bond donors (Lipinski definition) is 2. The molecule has 2 aromatic rings. The molecule has 2 atom stereocenters. The maximum absolute atomic E-state index is 13.8. The van der Waals surface area contributed by atoms with Gasteiger partial charge in [0.1, 0.15) is 11.9 Å². The molecule has 1 aromatic heterocycles. The normalized spacial score (nSPS) is 13.4. The average molecular weight is 306 g/mol. The first-order chi connectivity index (χ1) is 10.6. The van der Waals surface area contributed by atoms with Crippen LogP contribution >= 0.6 is 0 Å². The number of amides is 2. The summed E-state index contributed by atoms with van der Waals surface area (Å²) in [7, 11) is 1.48. The van der Waals surface area contributed by atoms with Crippen molar-refractivity contribution >= 4 is 6.03 Å². The van der Waals surface area contributed by atoms with Gasteiger partial charge in [-0.1, -0.05) is 18.2 Å². The zero-order valence-electron chi connectivity index (χ0n) is 12.5. The Kier molecular flexibility index (Phi) is 5.55. The highest BCUT2D eigenvalue weighted by molar-refractivity contribution is 5.74. The molecule has 1 heterocycles. The number of nitrogens with one attached hydrogen (secondary N) is 2. The molecule has 0 fully saturated rings. The van der Waals surface area contributed by atoms with E-state index < -0.39 is 12.1 Å². The summed E-state index contributed by atoms with van der Waals surface area (Å²) in [6.45, 7) is 2.12. The van der Waals surface area contributed by atoms with Crippen molar-refractivity contribution in [3.05, 3.63) is 59.8 Å². The third kappa shape index (κ3) is 4.08. The van der Waals surface area contributed by atoms with Crippen molar-refractivity contribution < 1.29 is 18.3 Å². The molecule has 0 radical (unpaired) electrons. The first-order valence-corrected chi connectivity index (χ1v) is 6.94. The lowest BCUT2D eigenvalue weighted by molar-refractivity contribution is 0.0733. The van der Waals surface area contributed by atoms with Crippen molar-refractivity contribution in [2.45, 2.75) is 25.6 Å². The summed E-state index contributed by atoms with van der Waals surface area (Å²) in [5.74, 6) is -0.359. The lowest BCUT2D eigenvalue weighted by atomic mass is 10.0. The molecule has 0 saturated heterocycles. The molecule has 0 bridgehead atoms. The number of carbonyl (C=O) groups is 1. The molecule has 0 aliphatic heterocycles. The van der Waals surface area contributed by atoms with Crippen LogP contribution in [0.15, 0.2) is 47.3 Å². The SMILES string of the molecule is CO[C@H](c1ccccc1F)[C@H](C)NC(=O)NCc1ccoc1. The van der Waals surface area contributed by atoms with Crippen molar-refractivity contribution in [1.29, 1.82) is 0 Å². The lowest BCUT2D eigenvalue weighted by Gasteiger charge is -2.24. The van der Waals surface area contributed by atoms with Gasteiger partial charge in [0.05, 0.1) is 18.6 Å². The van der Waals surface area contributed by atoms with Crippen LogP contribution in [-0.2, 0) is 11.3 Å². The van der Waals surface area contributed by atoms with E-state index in [0.717, 1.165) is 5.56 Å². The topological polar surface area (TPSA) is 63.5 Å². The largest absolute Gasteiger partial charge is 0.472 e. The Hall–Kier alpha value is -2.34. The number of benzene rings is 1. The van der Waals surface area contributed by atoms with Crippen LogP contribution in [0.3, 0.4) is 0 Å². The van der Waals surface area contributed by atoms with Gasteiger partial charge in [0.2, 0.25) is 0 Å². The summed E-state index contributed by atoms with van der Waals surface area (Å²) in [6.07, 6.45) is 2.53. The number of urea groups is 1. The van der Waals surface area contributed by atoms with Crippen LogP contribution in [0.5, 0.6) is 0 Å². The number of carbonyl (C=O) groups excluding carboxylic acids is 1. The lowest BCUT2D eigenvalue weighted by Crippen LogP contribution is -2.43. The molecular formula is C16H19FN2O3. The van der Waals surface area contributed by atoms with Crippen LogP contribution < -0.4 is 10.6 Å². The summed E-state index contributed by atoms with van der Waals surface area (Å²) in [6, 6.07) is 7.37. The van der Waals surface area contributed by atoms with Crippen molar-refractivity contribution in [2.24, 2.45) is 0 Å². The number of ether oxygens (including phenoxy) is 1. The number of methoxy groups -OCH3 is 1. The van der Waals surface area contributed by atoms with E-state index in [-0.39, 0.29) is 11.8 Å². The zero-order valence-corrected chi connectivity index (χ0v) is 12.5. The van der Waals surface area contributed by atoms with Crippen LogP contribution in [0.2, 0.25) is 0 Å².